The lowest BCUT2D eigenvalue weighted by atomic mass is 10.0. The molecule has 0 aliphatic carbocycles. The summed E-state index contributed by atoms with van der Waals surface area (Å²) in [5.74, 6) is -0.338. The number of nitrogens with zero attached hydrogens (tertiary/aromatic N) is 1. The van der Waals surface area contributed by atoms with Crippen molar-refractivity contribution in [3.8, 4) is 0 Å². The average Bonchev–Trinajstić information content (AvgIpc) is 2.81. The molecular weight excluding hydrogens is 254 g/mol. The van der Waals surface area contributed by atoms with Crippen LogP contribution in [0.5, 0.6) is 0 Å². The highest BCUT2D eigenvalue weighted by Crippen LogP contribution is 2.34. The highest BCUT2D eigenvalue weighted by atomic mass is 16.7. The second-order valence-electron chi connectivity index (χ2n) is 5.81. The number of ether oxygens (including phenoxy) is 2. The van der Waals surface area contributed by atoms with Crippen molar-refractivity contribution in [1.29, 1.82) is 0 Å². The predicted molar refractivity (Wildman–Crippen MR) is 75.5 cm³/mol. The van der Waals surface area contributed by atoms with Gasteiger partial charge in [0, 0.05) is 31.5 Å². The van der Waals surface area contributed by atoms with Crippen LogP contribution in [0.2, 0.25) is 0 Å². The lowest BCUT2D eigenvalue weighted by Gasteiger charge is -2.37. The number of aryl methyl sites for hydroxylation is 1. The van der Waals surface area contributed by atoms with E-state index in [1.807, 2.05) is 43.0 Å². The van der Waals surface area contributed by atoms with Gasteiger partial charge in [-0.05, 0) is 26.0 Å². The highest BCUT2D eigenvalue weighted by molar-refractivity contribution is 5.94. The normalized spacial score (nSPS) is 25.1. The fourth-order valence-corrected chi connectivity index (χ4v) is 2.90. The molecule has 1 spiro atoms. The Morgan fingerprint density at radius 3 is 2.45 bits per heavy atom. The summed E-state index contributed by atoms with van der Waals surface area (Å²) in [6, 6.07) is 7.74. The van der Waals surface area contributed by atoms with Crippen LogP contribution in [0.3, 0.4) is 0 Å². The molecule has 0 radical (unpaired) electrons. The first kappa shape index (κ1) is 13.6. The first-order chi connectivity index (χ1) is 9.58. The molecular formula is C16H21NO3. The Morgan fingerprint density at radius 2 is 1.90 bits per heavy atom. The van der Waals surface area contributed by atoms with E-state index in [0.717, 1.165) is 18.4 Å². The molecule has 1 atom stereocenters. The number of amides is 1. The Hall–Kier alpha value is -1.39. The molecule has 2 saturated heterocycles. The van der Waals surface area contributed by atoms with E-state index < -0.39 is 5.79 Å². The van der Waals surface area contributed by atoms with Gasteiger partial charge in [0.2, 0.25) is 0 Å². The molecule has 2 aliphatic rings. The van der Waals surface area contributed by atoms with Crippen LogP contribution in [0.15, 0.2) is 24.3 Å². The first-order valence-electron chi connectivity index (χ1n) is 7.26. The van der Waals surface area contributed by atoms with Crippen molar-refractivity contribution in [3.05, 3.63) is 35.4 Å². The Morgan fingerprint density at radius 1 is 1.25 bits per heavy atom. The van der Waals surface area contributed by atoms with Crippen LogP contribution in [-0.4, -0.2) is 42.4 Å². The summed E-state index contributed by atoms with van der Waals surface area (Å²) < 4.78 is 11.7. The van der Waals surface area contributed by atoms with Gasteiger partial charge in [-0.2, -0.15) is 0 Å². The van der Waals surface area contributed by atoms with Crippen LogP contribution in [0.25, 0.3) is 0 Å². The maximum atomic E-state index is 12.4. The number of carbonyl (C=O) groups excluding carboxylic acids is 1. The smallest absolute Gasteiger partial charge is 0.253 e. The van der Waals surface area contributed by atoms with E-state index in [9.17, 15) is 4.79 Å². The van der Waals surface area contributed by atoms with E-state index in [1.54, 1.807) is 0 Å². The van der Waals surface area contributed by atoms with Crippen LogP contribution in [-0.2, 0) is 9.47 Å². The summed E-state index contributed by atoms with van der Waals surface area (Å²) in [6.07, 6.45) is 1.68. The predicted octanol–water partition coefficient (Wildman–Crippen LogP) is 2.36. The topological polar surface area (TPSA) is 38.8 Å². The average molecular weight is 275 g/mol. The van der Waals surface area contributed by atoms with Gasteiger partial charge in [-0.15, -0.1) is 0 Å². The fourth-order valence-electron chi connectivity index (χ4n) is 2.90. The molecule has 3 rings (SSSR count). The standard InChI is InChI=1S/C16H21NO3/c1-12-3-5-14(6-4-12)15(18)17-9-7-16(8-10-17)19-11-13(2)20-16/h3-6,13H,7-11H2,1-2H3. The number of hydrogen-bond acceptors (Lipinski definition) is 3. The number of likely N-dealkylation sites (tertiary alicyclic amines) is 1. The van der Waals surface area contributed by atoms with E-state index in [4.69, 9.17) is 9.47 Å². The van der Waals surface area contributed by atoms with Crippen LogP contribution >= 0.6 is 0 Å². The SMILES string of the molecule is Cc1ccc(C(=O)N2CCC3(CC2)OCC(C)O3)cc1. The van der Waals surface area contributed by atoms with Crippen LogP contribution in [0.4, 0.5) is 0 Å². The maximum absolute atomic E-state index is 12.4. The molecule has 0 bridgehead atoms. The summed E-state index contributed by atoms with van der Waals surface area (Å²) >= 11 is 0. The van der Waals surface area contributed by atoms with Gasteiger partial charge in [0.05, 0.1) is 12.7 Å². The summed E-state index contributed by atoms with van der Waals surface area (Å²) in [5.41, 5.74) is 1.93. The number of rotatable bonds is 1. The molecule has 0 aromatic heterocycles. The molecule has 1 unspecified atom stereocenters. The molecule has 20 heavy (non-hydrogen) atoms. The van der Waals surface area contributed by atoms with Gasteiger partial charge in [0.25, 0.3) is 5.91 Å². The van der Waals surface area contributed by atoms with Crippen molar-refractivity contribution in [2.75, 3.05) is 19.7 Å². The quantitative estimate of drug-likeness (QED) is 0.790. The fraction of sp³-hybridized carbons (Fsp3) is 0.562. The zero-order valence-corrected chi connectivity index (χ0v) is 12.1. The minimum atomic E-state index is -0.441. The van der Waals surface area contributed by atoms with E-state index >= 15 is 0 Å². The van der Waals surface area contributed by atoms with Crippen molar-refractivity contribution >= 4 is 5.91 Å². The lowest BCUT2D eigenvalue weighted by molar-refractivity contribution is -0.189. The second kappa shape index (κ2) is 5.19. The Balaban J connectivity index is 1.63. The third-order valence-corrected chi connectivity index (χ3v) is 4.11. The first-order valence-corrected chi connectivity index (χ1v) is 7.26. The van der Waals surface area contributed by atoms with E-state index in [1.165, 1.54) is 5.56 Å². The van der Waals surface area contributed by atoms with E-state index in [-0.39, 0.29) is 12.0 Å². The van der Waals surface area contributed by atoms with Crippen LogP contribution in [0.1, 0.15) is 35.7 Å². The summed E-state index contributed by atoms with van der Waals surface area (Å²) in [7, 11) is 0. The van der Waals surface area contributed by atoms with Crippen molar-refractivity contribution in [1.82, 2.24) is 4.90 Å². The molecule has 1 amide bonds. The van der Waals surface area contributed by atoms with Crippen molar-refractivity contribution in [2.24, 2.45) is 0 Å². The van der Waals surface area contributed by atoms with Gasteiger partial charge < -0.3 is 14.4 Å². The second-order valence-corrected chi connectivity index (χ2v) is 5.81. The minimum absolute atomic E-state index is 0.103. The van der Waals surface area contributed by atoms with Crippen LogP contribution in [0, 0.1) is 6.92 Å². The van der Waals surface area contributed by atoms with Crippen molar-refractivity contribution < 1.29 is 14.3 Å². The van der Waals surface area contributed by atoms with Gasteiger partial charge >= 0.3 is 0 Å². The highest BCUT2D eigenvalue weighted by Gasteiger charge is 2.43. The molecule has 0 saturated carbocycles. The number of piperidine rings is 1. The third-order valence-electron chi connectivity index (χ3n) is 4.11. The molecule has 1 aromatic carbocycles. The van der Waals surface area contributed by atoms with Crippen LogP contribution < -0.4 is 0 Å². The summed E-state index contributed by atoms with van der Waals surface area (Å²) in [5, 5.41) is 0. The number of carbonyl (C=O) groups is 1. The van der Waals surface area contributed by atoms with E-state index in [0.29, 0.717) is 19.7 Å². The molecule has 2 fully saturated rings. The van der Waals surface area contributed by atoms with Gasteiger partial charge in [0.1, 0.15) is 0 Å². The zero-order valence-electron chi connectivity index (χ0n) is 12.1. The van der Waals surface area contributed by atoms with Gasteiger partial charge in [-0.1, -0.05) is 17.7 Å². The Bertz CT molecular complexity index is 489. The number of benzene rings is 1. The third kappa shape index (κ3) is 2.58. The van der Waals surface area contributed by atoms with E-state index in [2.05, 4.69) is 0 Å². The summed E-state index contributed by atoms with van der Waals surface area (Å²) in [4.78, 5) is 14.3. The zero-order chi connectivity index (χ0) is 14.2. The maximum Gasteiger partial charge on any atom is 0.253 e. The molecule has 4 heteroatoms. The molecule has 2 aliphatic heterocycles. The Kier molecular flexibility index (Phi) is 3.52. The Labute approximate surface area is 119 Å². The largest absolute Gasteiger partial charge is 0.347 e. The molecule has 2 heterocycles. The van der Waals surface area contributed by atoms with Crippen molar-refractivity contribution in [3.63, 3.8) is 0 Å². The monoisotopic (exact) mass is 275 g/mol. The molecule has 108 valence electrons. The molecule has 1 aromatic rings. The van der Waals surface area contributed by atoms with Gasteiger partial charge in [0.15, 0.2) is 5.79 Å². The van der Waals surface area contributed by atoms with Gasteiger partial charge in [-0.25, -0.2) is 0 Å². The molecule has 4 nitrogen and oxygen atoms in total. The number of hydrogen-bond donors (Lipinski definition) is 0. The summed E-state index contributed by atoms with van der Waals surface area (Å²) in [6.45, 7) is 6.10. The van der Waals surface area contributed by atoms with Gasteiger partial charge in [-0.3, -0.25) is 4.79 Å². The molecule has 0 N–H and O–H groups in total. The minimum Gasteiger partial charge on any atom is -0.347 e. The van der Waals surface area contributed by atoms with Crippen molar-refractivity contribution in [2.45, 2.75) is 38.6 Å². The lowest BCUT2D eigenvalue weighted by Crippen LogP contribution is -2.47.